The van der Waals surface area contributed by atoms with Gasteiger partial charge in [0.05, 0.1) is 12.2 Å². The number of aromatic nitrogens is 3. The van der Waals surface area contributed by atoms with E-state index in [1.165, 1.54) is 0 Å². The van der Waals surface area contributed by atoms with Crippen molar-refractivity contribution in [2.45, 2.75) is 19.4 Å². The van der Waals surface area contributed by atoms with E-state index in [-0.39, 0.29) is 11.8 Å². The lowest BCUT2D eigenvalue weighted by Crippen LogP contribution is -2.14. The lowest BCUT2D eigenvalue weighted by molar-refractivity contribution is -0.117. The Kier molecular flexibility index (Phi) is 5.45. The summed E-state index contributed by atoms with van der Waals surface area (Å²) in [7, 11) is 5.56. The highest BCUT2D eigenvalue weighted by Gasteiger charge is 2.29. The maximum atomic E-state index is 12.2. The highest BCUT2D eigenvalue weighted by Crippen LogP contribution is 2.31. The Balaban J connectivity index is 1.53. The first kappa shape index (κ1) is 21.0. The Hall–Kier alpha value is -3.89. The van der Waals surface area contributed by atoms with Crippen LogP contribution in [0.4, 0.5) is 11.6 Å². The maximum Gasteiger partial charge on any atom is 0.228 e. The summed E-state index contributed by atoms with van der Waals surface area (Å²) < 4.78 is 7.42. The molecule has 1 aliphatic rings. The van der Waals surface area contributed by atoms with Gasteiger partial charge < -0.3 is 19.9 Å². The van der Waals surface area contributed by atoms with Crippen LogP contribution in [0.2, 0.25) is 0 Å². The maximum absolute atomic E-state index is 12.2. The second-order valence-corrected chi connectivity index (χ2v) is 8.30. The predicted octanol–water partition coefficient (Wildman–Crippen LogP) is 4.06. The number of hydrogen-bond donors (Lipinski definition) is 2. The van der Waals surface area contributed by atoms with Crippen LogP contribution in [0.5, 0.6) is 0 Å². The zero-order valence-electron chi connectivity index (χ0n) is 18.9. The van der Waals surface area contributed by atoms with Crippen molar-refractivity contribution in [3.63, 3.8) is 0 Å². The smallest absolute Gasteiger partial charge is 0.228 e. The second kappa shape index (κ2) is 8.57. The van der Waals surface area contributed by atoms with Gasteiger partial charge in [0.25, 0.3) is 0 Å². The molecule has 1 saturated carbocycles. The minimum absolute atomic E-state index is 0.0288. The number of nitrogens with zero attached hydrogens (tertiary/aromatic N) is 3. The molecule has 3 heterocycles. The average molecular weight is 440 g/mol. The molecule has 33 heavy (non-hydrogen) atoms. The topological polar surface area (TPSA) is 81.1 Å². The number of ether oxygens (including phenoxy) is 1. The first-order chi connectivity index (χ1) is 16.1. The first-order valence-electron chi connectivity index (χ1n) is 10.9. The average Bonchev–Trinajstić information content (AvgIpc) is 3.63. The van der Waals surface area contributed by atoms with Crippen molar-refractivity contribution in [2.24, 2.45) is 13.0 Å². The van der Waals surface area contributed by atoms with Gasteiger partial charge in [-0.15, -0.1) is 0 Å². The third-order valence-corrected chi connectivity index (χ3v) is 5.99. The third kappa shape index (κ3) is 4.13. The van der Waals surface area contributed by atoms with E-state index in [4.69, 9.17) is 4.74 Å². The number of aryl methyl sites for hydroxylation is 1. The summed E-state index contributed by atoms with van der Waals surface area (Å²) in [5.74, 6) is 7.95. The Bertz CT molecular complexity index is 1440. The largest absolute Gasteiger partial charge is 0.378 e. The van der Waals surface area contributed by atoms with E-state index in [0.717, 1.165) is 57.2 Å². The number of nitrogens with one attached hydrogen (secondary N) is 2. The molecule has 0 bridgehead atoms. The van der Waals surface area contributed by atoms with Crippen LogP contribution >= 0.6 is 0 Å². The summed E-state index contributed by atoms with van der Waals surface area (Å²) in [5.41, 5.74) is 3.91. The summed E-state index contributed by atoms with van der Waals surface area (Å²) in [6.45, 7) is 0.565. The van der Waals surface area contributed by atoms with Crippen molar-refractivity contribution >= 4 is 39.2 Å². The van der Waals surface area contributed by atoms with Gasteiger partial charge in [-0.1, -0.05) is 17.9 Å². The molecule has 7 heteroatoms. The molecule has 0 spiro atoms. The highest BCUT2D eigenvalue weighted by atomic mass is 16.5. The monoisotopic (exact) mass is 439 g/mol. The molecule has 0 radical (unpaired) electrons. The van der Waals surface area contributed by atoms with E-state index >= 15 is 0 Å². The van der Waals surface area contributed by atoms with Crippen LogP contribution in [0.25, 0.3) is 21.7 Å². The van der Waals surface area contributed by atoms with E-state index < -0.39 is 0 Å². The van der Waals surface area contributed by atoms with Gasteiger partial charge in [0.15, 0.2) is 0 Å². The molecule has 2 N–H and O–H groups in total. The molecule has 1 fully saturated rings. The van der Waals surface area contributed by atoms with Crippen LogP contribution in [0, 0.1) is 17.8 Å². The van der Waals surface area contributed by atoms with Crippen LogP contribution in [-0.2, 0) is 23.2 Å². The minimum Gasteiger partial charge on any atom is -0.378 e. The summed E-state index contributed by atoms with van der Waals surface area (Å²) in [6, 6.07) is 10.2. The summed E-state index contributed by atoms with van der Waals surface area (Å²) in [6.07, 6.45) is 5.38. The summed E-state index contributed by atoms with van der Waals surface area (Å²) in [5, 5.41) is 8.93. The molecule has 3 aromatic heterocycles. The number of amides is 1. The van der Waals surface area contributed by atoms with E-state index in [0.29, 0.717) is 12.4 Å². The van der Waals surface area contributed by atoms with E-state index in [1.54, 1.807) is 19.5 Å². The van der Waals surface area contributed by atoms with Crippen LogP contribution in [-0.4, -0.2) is 34.6 Å². The minimum atomic E-state index is 0.0288. The van der Waals surface area contributed by atoms with Gasteiger partial charge in [-0.05, 0) is 37.1 Å². The predicted molar refractivity (Wildman–Crippen MR) is 130 cm³/mol. The van der Waals surface area contributed by atoms with Gasteiger partial charge in [0.1, 0.15) is 11.6 Å². The molecular weight excluding hydrogens is 414 g/mol. The number of carbonyl (C=O) groups is 1. The summed E-state index contributed by atoms with van der Waals surface area (Å²) >= 11 is 0. The highest BCUT2D eigenvalue weighted by molar-refractivity contribution is 5.99. The molecule has 1 aromatic carbocycles. The fourth-order valence-electron chi connectivity index (χ4n) is 3.97. The number of fused-ring (bicyclic) bond motifs is 2. The van der Waals surface area contributed by atoms with Crippen molar-refractivity contribution in [1.29, 1.82) is 0 Å². The van der Waals surface area contributed by atoms with Gasteiger partial charge in [-0.3, -0.25) is 4.79 Å². The number of hydrogen-bond acceptors (Lipinski definition) is 5. The quantitative estimate of drug-likeness (QED) is 0.459. The van der Waals surface area contributed by atoms with Crippen molar-refractivity contribution in [1.82, 2.24) is 14.5 Å². The van der Waals surface area contributed by atoms with Crippen LogP contribution < -0.4 is 10.6 Å². The Morgan fingerprint density at radius 2 is 2.00 bits per heavy atom. The molecule has 4 aromatic rings. The summed E-state index contributed by atoms with van der Waals surface area (Å²) in [4.78, 5) is 21.1. The number of anilines is 2. The van der Waals surface area contributed by atoms with Crippen molar-refractivity contribution in [2.75, 3.05) is 24.8 Å². The van der Waals surface area contributed by atoms with E-state index in [9.17, 15) is 4.79 Å². The molecule has 5 rings (SSSR count). The van der Waals surface area contributed by atoms with Gasteiger partial charge in [0, 0.05) is 72.4 Å². The van der Waals surface area contributed by atoms with Crippen molar-refractivity contribution in [3.8, 4) is 11.8 Å². The lowest BCUT2D eigenvalue weighted by Gasteiger charge is -2.09. The van der Waals surface area contributed by atoms with E-state index in [2.05, 4.69) is 55.2 Å². The first-order valence-corrected chi connectivity index (χ1v) is 10.9. The standard InChI is InChI=1S/C26H25N5O2/c1-27-25-22-14-28-24(30-26(32)17-8-9-17)12-21(22)19(13-29-25)7-5-16-4-6-18-11-20(15-33-3)31(2)23(18)10-16/h4,6,10-14,17H,8-9,15H2,1-3H3,(H,27,29)(H,28,30,32). The molecule has 0 aliphatic heterocycles. The molecule has 0 atom stereocenters. The number of pyridine rings is 2. The SMILES string of the molecule is CNc1ncc(C#Cc2ccc3cc(COC)n(C)c3c2)c2cc(NC(=O)C3CC3)ncc12. The molecule has 0 saturated heterocycles. The normalized spacial score (nSPS) is 13.1. The Labute approximate surface area is 192 Å². The Morgan fingerprint density at radius 3 is 2.76 bits per heavy atom. The number of methoxy groups -OCH3 is 1. The molecule has 7 nitrogen and oxygen atoms in total. The van der Waals surface area contributed by atoms with Crippen LogP contribution in [0.3, 0.4) is 0 Å². The lowest BCUT2D eigenvalue weighted by atomic mass is 10.1. The van der Waals surface area contributed by atoms with Gasteiger partial charge in [0.2, 0.25) is 5.91 Å². The van der Waals surface area contributed by atoms with E-state index in [1.807, 2.05) is 26.2 Å². The van der Waals surface area contributed by atoms with Crippen LogP contribution in [0.15, 0.2) is 42.7 Å². The molecule has 1 amide bonds. The Morgan fingerprint density at radius 1 is 1.15 bits per heavy atom. The fourth-order valence-corrected chi connectivity index (χ4v) is 3.97. The third-order valence-electron chi connectivity index (χ3n) is 5.99. The van der Waals surface area contributed by atoms with Crippen molar-refractivity contribution < 1.29 is 9.53 Å². The zero-order chi connectivity index (χ0) is 22.9. The zero-order valence-corrected chi connectivity index (χ0v) is 18.9. The molecule has 0 unspecified atom stereocenters. The van der Waals surface area contributed by atoms with Gasteiger partial charge >= 0.3 is 0 Å². The number of rotatable bonds is 5. The molecule has 1 aliphatic carbocycles. The van der Waals surface area contributed by atoms with Gasteiger partial charge in [-0.2, -0.15) is 0 Å². The molecular formula is C26H25N5O2. The number of carbonyl (C=O) groups excluding carboxylic acids is 1. The van der Waals surface area contributed by atoms with Crippen LogP contribution in [0.1, 0.15) is 29.7 Å². The molecule has 166 valence electrons. The van der Waals surface area contributed by atoms with Crippen molar-refractivity contribution in [3.05, 3.63) is 59.5 Å². The second-order valence-electron chi connectivity index (χ2n) is 8.30. The van der Waals surface area contributed by atoms with Gasteiger partial charge in [-0.25, -0.2) is 9.97 Å². The number of benzene rings is 1. The fraction of sp³-hybridized carbons (Fsp3) is 0.269.